The highest BCUT2D eigenvalue weighted by Crippen LogP contribution is 2.39. The molecule has 2 atom stereocenters. The lowest BCUT2D eigenvalue weighted by molar-refractivity contribution is 0.536. The monoisotopic (exact) mass is 211 g/mol. The highest BCUT2D eigenvalue weighted by atomic mass is 14.9. The summed E-state index contributed by atoms with van der Waals surface area (Å²) in [7, 11) is 0. The summed E-state index contributed by atoms with van der Waals surface area (Å²) in [5, 5.41) is 3.48. The second kappa shape index (κ2) is 3.21. The predicted molar refractivity (Wildman–Crippen MR) is 66.3 cm³/mol. The van der Waals surface area contributed by atoms with Gasteiger partial charge in [-0.05, 0) is 59.9 Å². The van der Waals surface area contributed by atoms with E-state index in [2.05, 4.69) is 29.6 Å². The molecule has 82 valence electrons. The lowest BCUT2D eigenvalue weighted by Crippen LogP contribution is -2.10. The van der Waals surface area contributed by atoms with E-state index in [1.807, 2.05) is 0 Å². The molecule has 0 amide bonds. The van der Waals surface area contributed by atoms with Gasteiger partial charge in [0, 0.05) is 6.54 Å². The molecule has 1 fully saturated rings. The predicted octanol–water partition coefficient (Wildman–Crippen LogP) is 2.41. The van der Waals surface area contributed by atoms with Crippen LogP contribution in [0.2, 0.25) is 0 Å². The molecule has 2 unspecified atom stereocenters. The molecule has 2 aliphatic carbocycles. The summed E-state index contributed by atoms with van der Waals surface area (Å²) in [4.78, 5) is 0. The summed E-state index contributed by atoms with van der Waals surface area (Å²) in [6, 6.07) is 7.10. The Morgan fingerprint density at radius 1 is 1.06 bits per heavy atom. The minimum absolute atomic E-state index is 0.807. The molecule has 1 saturated heterocycles. The van der Waals surface area contributed by atoms with E-state index in [0.29, 0.717) is 0 Å². The van der Waals surface area contributed by atoms with Crippen molar-refractivity contribution in [2.24, 2.45) is 11.8 Å². The second-order valence-electron chi connectivity index (χ2n) is 5.46. The molecule has 0 radical (unpaired) electrons. The van der Waals surface area contributed by atoms with Crippen LogP contribution in [0.3, 0.4) is 0 Å². The number of rotatable bonds is 1. The first-order valence-corrected chi connectivity index (χ1v) is 6.44. The first kappa shape index (κ1) is 9.00. The number of hydrogen-bond acceptors (Lipinski definition) is 1. The second-order valence-corrected chi connectivity index (χ2v) is 5.46. The Morgan fingerprint density at radius 3 is 2.75 bits per heavy atom. The van der Waals surface area contributed by atoms with E-state index < -0.39 is 0 Å². The summed E-state index contributed by atoms with van der Waals surface area (Å²) < 4.78 is 0. The molecule has 4 rings (SSSR count). The third kappa shape index (κ3) is 1.21. The van der Waals surface area contributed by atoms with Gasteiger partial charge < -0.3 is 5.32 Å². The lowest BCUT2D eigenvalue weighted by atomic mass is 9.86. The summed E-state index contributed by atoms with van der Waals surface area (Å²) in [5.41, 5.74) is 6.26. The van der Waals surface area contributed by atoms with Gasteiger partial charge in [0.2, 0.25) is 0 Å². The first-order chi connectivity index (χ1) is 7.90. The largest absolute Gasteiger partial charge is 0.316 e. The zero-order valence-corrected chi connectivity index (χ0v) is 9.50. The average molecular weight is 211 g/mol. The quantitative estimate of drug-likeness (QED) is 0.752. The highest BCUT2D eigenvalue weighted by Gasteiger charge is 2.32. The van der Waals surface area contributed by atoms with Crippen molar-refractivity contribution in [1.82, 2.24) is 5.32 Å². The van der Waals surface area contributed by atoms with Gasteiger partial charge in [-0.2, -0.15) is 0 Å². The summed E-state index contributed by atoms with van der Waals surface area (Å²) in [6.07, 6.45) is 6.40. The van der Waals surface area contributed by atoms with E-state index in [4.69, 9.17) is 0 Å². The van der Waals surface area contributed by atoms with Crippen molar-refractivity contribution in [2.45, 2.75) is 19.3 Å². The number of aryl methyl sites for hydroxylation is 2. The number of nitrogens with one attached hydrogen (secondary N) is 1. The lowest BCUT2D eigenvalue weighted by Gasteiger charge is -2.19. The molecule has 1 heteroatoms. The van der Waals surface area contributed by atoms with Crippen LogP contribution in [0, 0.1) is 11.8 Å². The smallest absolute Gasteiger partial charge is 0.00178 e. The molecular formula is C15H17N. The zero-order valence-electron chi connectivity index (χ0n) is 9.50. The maximum Gasteiger partial charge on any atom is 0.00178 e. The van der Waals surface area contributed by atoms with Crippen molar-refractivity contribution >= 4 is 5.57 Å². The van der Waals surface area contributed by atoms with Crippen LogP contribution in [0.1, 0.15) is 23.1 Å². The molecule has 1 aromatic rings. The Balaban J connectivity index is 1.68. The standard InChI is InChI=1S/C15H17N/c1-3-11-5-12(4-2-10(1)11)13-6-14-8-16-9-15(14)7-13/h2,4-6,14-16H,1,3,7-9H2. The van der Waals surface area contributed by atoms with Crippen LogP contribution in [0.25, 0.3) is 5.57 Å². The summed E-state index contributed by atoms with van der Waals surface area (Å²) in [6.45, 7) is 2.41. The topological polar surface area (TPSA) is 12.0 Å². The third-order valence-electron chi connectivity index (χ3n) is 4.53. The van der Waals surface area contributed by atoms with Gasteiger partial charge in [0.05, 0.1) is 0 Å². The Hall–Kier alpha value is -1.08. The van der Waals surface area contributed by atoms with Crippen molar-refractivity contribution in [3.8, 4) is 0 Å². The average Bonchev–Trinajstić information content (AvgIpc) is 2.79. The SMILES string of the molecule is C1=C(c2ccc3c(c2)CC3)CC2CNCC12. The van der Waals surface area contributed by atoms with Crippen molar-refractivity contribution in [3.63, 3.8) is 0 Å². The Bertz CT molecular complexity index is 472. The maximum absolute atomic E-state index is 3.48. The van der Waals surface area contributed by atoms with Crippen LogP contribution < -0.4 is 5.32 Å². The van der Waals surface area contributed by atoms with Gasteiger partial charge in [-0.3, -0.25) is 0 Å². The molecule has 0 saturated carbocycles. The van der Waals surface area contributed by atoms with Crippen LogP contribution in [0.15, 0.2) is 24.3 Å². The molecule has 0 spiro atoms. The van der Waals surface area contributed by atoms with E-state index >= 15 is 0 Å². The number of benzene rings is 1. The Labute approximate surface area is 96.6 Å². The number of allylic oxidation sites excluding steroid dienone is 1. The van der Waals surface area contributed by atoms with Gasteiger partial charge in [-0.1, -0.05) is 24.3 Å². The Morgan fingerprint density at radius 2 is 2.00 bits per heavy atom. The zero-order chi connectivity index (χ0) is 10.5. The Kier molecular flexibility index (Phi) is 1.80. The molecule has 3 aliphatic rings. The highest BCUT2D eigenvalue weighted by molar-refractivity contribution is 5.69. The fourth-order valence-electron chi connectivity index (χ4n) is 3.39. The molecule has 16 heavy (non-hydrogen) atoms. The number of fused-ring (bicyclic) bond motifs is 2. The first-order valence-electron chi connectivity index (χ1n) is 6.44. The van der Waals surface area contributed by atoms with E-state index in [9.17, 15) is 0 Å². The third-order valence-corrected chi connectivity index (χ3v) is 4.53. The van der Waals surface area contributed by atoms with Gasteiger partial charge >= 0.3 is 0 Å². The number of hydrogen-bond donors (Lipinski definition) is 1. The molecule has 1 aliphatic heterocycles. The summed E-state index contributed by atoms with van der Waals surface area (Å²) >= 11 is 0. The van der Waals surface area contributed by atoms with Gasteiger partial charge in [0.1, 0.15) is 0 Å². The van der Waals surface area contributed by atoms with Crippen LogP contribution in [-0.4, -0.2) is 13.1 Å². The molecule has 1 N–H and O–H groups in total. The van der Waals surface area contributed by atoms with Crippen molar-refractivity contribution < 1.29 is 0 Å². The van der Waals surface area contributed by atoms with E-state index in [0.717, 1.165) is 11.8 Å². The van der Waals surface area contributed by atoms with Gasteiger partial charge in [0.25, 0.3) is 0 Å². The van der Waals surface area contributed by atoms with Crippen molar-refractivity contribution in [3.05, 3.63) is 41.0 Å². The van der Waals surface area contributed by atoms with Crippen LogP contribution >= 0.6 is 0 Å². The minimum Gasteiger partial charge on any atom is -0.316 e. The van der Waals surface area contributed by atoms with Crippen LogP contribution in [0.4, 0.5) is 0 Å². The molecule has 0 aromatic heterocycles. The minimum atomic E-state index is 0.807. The van der Waals surface area contributed by atoms with Crippen LogP contribution in [-0.2, 0) is 12.8 Å². The van der Waals surface area contributed by atoms with Crippen molar-refractivity contribution in [1.29, 1.82) is 0 Å². The molecule has 1 heterocycles. The maximum atomic E-state index is 3.48. The van der Waals surface area contributed by atoms with E-state index in [1.54, 1.807) is 16.7 Å². The van der Waals surface area contributed by atoms with E-state index in [1.165, 1.54) is 37.9 Å². The molecule has 0 bridgehead atoms. The molecule has 1 aromatic carbocycles. The van der Waals surface area contributed by atoms with Crippen LogP contribution in [0.5, 0.6) is 0 Å². The normalized spacial score (nSPS) is 30.6. The van der Waals surface area contributed by atoms with Gasteiger partial charge in [-0.15, -0.1) is 0 Å². The fourth-order valence-corrected chi connectivity index (χ4v) is 3.39. The van der Waals surface area contributed by atoms with Gasteiger partial charge in [0.15, 0.2) is 0 Å². The van der Waals surface area contributed by atoms with E-state index in [-0.39, 0.29) is 0 Å². The fraction of sp³-hybridized carbons (Fsp3) is 0.467. The van der Waals surface area contributed by atoms with Crippen molar-refractivity contribution in [2.75, 3.05) is 13.1 Å². The molecular weight excluding hydrogens is 194 g/mol. The van der Waals surface area contributed by atoms with Gasteiger partial charge in [-0.25, -0.2) is 0 Å². The summed E-state index contributed by atoms with van der Waals surface area (Å²) in [5.74, 6) is 1.68. The molecule has 1 nitrogen and oxygen atoms in total.